The van der Waals surface area contributed by atoms with Crippen LogP contribution in [0.2, 0.25) is 0 Å². The second-order valence-electron chi connectivity index (χ2n) is 5.43. The molecule has 4 rings (SSSR count). The zero-order valence-electron chi connectivity index (χ0n) is 11.8. The van der Waals surface area contributed by atoms with Gasteiger partial charge in [0.1, 0.15) is 12.0 Å². The van der Waals surface area contributed by atoms with Crippen molar-refractivity contribution in [3.05, 3.63) is 64.0 Å². The van der Waals surface area contributed by atoms with E-state index in [0.29, 0.717) is 0 Å². The Kier molecular flexibility index (Phi) is 2.82. The second-order valence-corrected chi connectivity index (χ2v) is 5.43. The third-order valence-electron chi connectivity index (χ3n) is 4.15. The third kappa shape index (κ3) is 2.00. The maximum atomic E-state index is 10.7. The number of rotatable bonds is 2. The lowest BCUT2D eigenvalue weighted by Gasteiger charge is -2.28. The highest BCUT2D eigenvalue weighted by molar-refractivity contribution is 5.85. The summed E-state index contributed by atoms with van der Waals surface area (Å²) in [4.78, 5) is 20.2. The molecule has 0 amide bonds. The molecule has 6 heteroatoms. The maximum absolute atomic E-state index is 10.7. The number of para-hydroxylation sites is 1. The molecule has 1 N–H and O–H groups in total. The van der Waals surface area contributed by atoms with Crippen LogP contribution in [0, 0.1) is 10.1 Å². The van der Waals surface area contributed by atoms with Crippen molar-refractivity contribution >= 4 is 22.4 Å². The van der Waals surface area contributed by atoms with Gasteiger partial charge in [-0.25, -0.2) is 4.98 Å². The van der Waals surface area contributed by atoms with Crippen molar-refractivity contribution in [1.82, 2.24) is 9.97 Å². The molecule has 0 unspecified atom stereocenters. The van der Waals surface area contributed by atoms with E-state index in [1.165, 1.54) is 28.9 Å². The number of fused-ring (bicyclic) bond motifs is 3. The minimum Gasteiger partial charge on any atom is -0.358 e. The van der Waals surface area contributed by atoms with Crippen molar-refractivity contribution in [2.24, 2.45) is 0 Å². The predicted octanol–water partition coefficient (Wildman–Crippen LogP) is 3.03. The van der Waals surface area contributed by atoms with Crippen molar-refractivity contribution in [3.8, 4) is 0 Å². The van der Waals surface area contributed by atoms with E-state index in [4.69, 9.17) is 0 Å². The molecule has 3 heterocycles. The number of aromatic nitrogens is 2. The van der Waals surface area contributed by atoms with Gasteiger partial charge in [-0.2, -0.15) is 0 Å². The van der Waals surface area contributed by atoms with Gasteiger partial charge in [-0.1, -0.05) is 18.2 Å². The van der Waals surface area contributed by atoms with Gasteiger partial charge < -0.3 is 9.88 Å². The first kappa shape index (κ1) is 12.8. The van der Waals surface area contributed by atoms with Gasteiger partial charge in [0.25, 0.3) is 5.69 Å². The Balaban J connectivity index is 1.67. The summed E-state index contributed by atoms with van der Waals surface area (Å²) in [5, 5.41) is 12.0. The Hall–Kier alpha value is -2.89. The van der Waals surface area contributed by atoms with Crippen molar-refractivity contribution in [3.63, 3.8) is 0 Å². The molecule has 0 aliphatic carbocycles. The number of H-pyrrole nitrogens is 1. The van der Waals surface area contributed by atoms with E-state index in [0.717, 1.165) is 30.8 Å². The molecule has 2 aromatic heterocycles. The van der Waals surface area contributed by atoms with Crippen molar-refractivity contribution in [2.75, 3.05) is 11.4 Å². The molecule has 0 radical (unpaired) electrons. The number of pyridine rings is 1. The quantitative estimate of drug-likeness (QED) is 0.582. The zero-order valence-corrected chi connectivity index (χ0v) is 11.8. The van der Waals surface area contributed by atoms with E-state index >= 15 is 0 Å². The van der Waals surface area contributed by atoms with Crippen LogP contribution in [0.1, 0.15) is 11.3 Å². The Morgan fingerprint density at radius 1 is 1.23 bits per heavy atom. The summed E-state index contributed by atoms with van der Waals surface area (Å²) in [7, 11) is 0. The zero-order chi connectivity index (χ0) is 15.1. The van der Waals surface area contributed by atoms with Crippen LogP contribution in [-0.2, 0) is 13.0 Å². The summed E-state index contributed by atoms with van der Waals surface area (Å²) >= 11 is 0. The Bertz CT molecular complexity index is 854. The van der Waals surface area contributed by atoms with Crippen LogP contribution < -0.4 is 4.90 Å². The van der Waals surface area contributed by atoms with Crippen molar-refractivity contribution in [2.45, 2.75) is 13.0 Å². The summed E-state index contributed by atoms with van der Waals surface area (Å²) in [5.41, 5.74) is 3.75. The number of nitrogens with zero attached hydrogens (tertiary/aromatic N) is 3. The number of nitro groups is 1. The lowest BCUT2D eigenvalue weighted by Crippen LogP contribution is -2.30. The molecular weight excluding hydrogens is 280 g/mol. The molecule has 0 bridgehead atoms. The van der Waals surface area contributed by atoms with Gasteiger partial charge in [0.2, 0.25) is 0 Å². The predicted molar refractivity (Wildman–Crippen MR) is 83.9 cm³/mol. The summed E-state index contributed by atoms with van der Waals surface area (Å²) in [6.45, 7) is 1.62. The highest BCUT2D eigenvalue weighted by Crippen LogP contribution is 2.29. The normalized spacial score (nSPS) is 14.1. The molecule has 0 saturated carbocycles. The summed E-state index contributed by atoms with van der Waals surface area (Å²) in [5.74, 6) is 0.779. The van der Waals surface area contributed by atoms with Gasteiger partial charge in [-0.15, -0.1) is 0 Å². The van der Waals surface area contributed by atoms with E-state index < -0.39 is 4.92 Å². The summed E-state index contributed by atoms with van der Waals surface area (Å²) in [6, 6.07) is 11.5. The first-order valence-corrected chi connectivity index (χ1v) is 7.16. The number of hydrogen-bond donors (Lipinski definition) is 1. The van der Waals surface area contributed by atoms with Crippen LogP contribution in [0.25, 0.3) is 10.9 Å². The van der Waals surface area contributed by atoms with Gasteiger partial charge in [-0.3, -0.25) is 10.1 Å². The van der Waals surface area contributed by atoms with Gasteiger partial charge in [0.15, 0.2) is 0 Å². The molecule has 0 fully saturated rings. The van der Waals surface area contributed by atoms with Gasteiger partial charge in [-0.05, 0) is 12.1 Å². The van der Waals surface area contributed by atoms with Crippen LogP contribution in [0.3, 0.4) is 0 Å². The minimum absolute atomic E-state index is 0.0218. The largest absolute Gasteiger partial charge is 0.358 e. The van der Waals surface area contributed by atoms with Crippen LogP contribution >= 0.6 is 0 Å². The molecule has 1 aliphatic rings. The van der Waals surface area contributed by atoms with Crippen molar-refractivity contribution < 1.29 is 4.92 Å². The third-order valence-corrected chi connectivity index (χ3v) is 4.15. The SMILES string of the molecule is O=[N+]([O-])c1ccc(N2CCc3[nH]c4ccccc4c3C2)nc1. The first-order valence-electron chi connectivity index (χ1n) is 7.16. The fraction of sp³-hybridized carbons (Fsp3) is 0.188. The molecule has 110 valence electrons. The molecule has 1 aliphatic heterocycles. The van der Waals surface area contributed by atoms with Gasteiger partial charge in [0, 0.05) is 47.7 Å². The van der Waals surface area contributed by atoms with Crippen LogP contribution in [0.15, 0.2) is 42.6 Å². The average Bonchev–Trinajstić information content (AvgIpc) is 2.92. The number of anilines is 1. The van der Waals surface area contributed by atoms with Crippen LogP contribution in [-0.4, -0.2) is 21.4 Å². The standard InChI is InChI=1S/C16H14N4O2/c21-20(22)11-5-6-16(17-9-11)19-8-7-15-13(10-19)12-3-1-2-4-14(12)18-15/h1-6,9,18H,7-8,10H2. The van der Waals surface area contributed by atoms with Gasteiger partial charge >= 0.3 is 0 Å². The summed E-state index contributed by atoms with van der Waals surface area (Å²) in [6.07, 6.45) is 2.24. The fourth-order valence-electron chi connectivity index (χ4n) is 3.04. The lowest BCUT2D eigenvalue weighted by atomic mass is 10.0. The number of hydrogen-bond acceptors (Lipinski definition) is 4. The minimum atomic E-state index is -0.426. The molecular formula is C16H14N4O2. The van der Waals surface area contributed by atoms with E-state index in [1.807, 2.05) is 12.1 Å². The number of nitrogens with one attached hydrogen (secondary N) is 1. The first-order chi connectivity index (χ1) is 10.7. The topological polar surface area (TPSA) is 75.1 Å². The number of benzene rings is 1. The monoisotopic (exact) mass is 294 g/mol. The summed E-state index contributed by atoms with van der Waals surface area (Å²) < 4.78 is 0. The maximum Gasteiger partial charge on any atom is 0.287 e. The Morgan fingerprint density at radius 2 is 2.09 bits per heavy atom. The molecule has 6 nitrogen and oxygen atoms in total. The molecule has 0 atom stereocenters. The Morgan fingerprint density at radius 3 is 2.86 bits per heavy atom. The lowest BCUT2D eigenvalue weighted by molar-refractivity contribution is -0.385. The fourth-order valence-corrected chi connectivity index (χ4v) is 3.04. The van der Waals surface area contributed by atoms with Crippen molar-refractivity contribution in [1.29, 1.82) is 0 Å². The van der Waals surface area contributed by atoms with Crippen LogP contribution in [0.5, 0.6) is 0 Å². The second kappa shape index (κ2) is 4.84. The van der Waals surface area contributed by atoms with E-state index in [-0.39, 0.29) is 5.69 Å². The Labute approximate surface area is 126 Å². The highest BCUT2D eigenvalue weighted by Gasteiger charge is 2.21. The van der Waals surface area contributed by atoms with Gasteiger partial charge in [0.05, 0.1) is 4.92 Å². The number of aromatic amines is 1. The highest BCUT2D eigenvalue weighted by atomic mass is 16.6. The molecule has 22 heavy (non-hydrogen) atoms. The van der Waals surface area contributed by atoms with E-state index in [9.17, 15) is 10.1 Å². The molecule has 0 saturated heterocycles. The molecule has 0 spiro atoms. The smallest absolute Gasteiger partial charge is 0.287 e. The average molecular weight is 294 g/mol. The van der Waals surface area contributed by atoms with Crippen LogP contribution in [0.4, 0.5) is 11.5 Å². The molecule has 3 aromatic rings. The molecule has 1 aromatic carbocycles. The van der Waals surface area contributed by atoms with E-state index in [2.05, 4.69) is 27.0 Å². The van der Waals surface area contributed by atoms with E-state index in [1.54, 1.807) is 6.07 Å².